The fourth-order valence-electron chi connectivity index (χ4n) is 1.43. The lowest BCUT2D eigenvalue weighted by atomic mass is 10.1. The second kappa shape index (κ2) is 5.98. The highest BCUT2D eigenvalue weighted by atomic mass is 15.0. The lowest BCUT2D eigenvalue weighted by Crippen LogP contribution is -2.39. The van der Waals surface area contributed by atoms with E-state index in [2.05, 4.69) is 23.3 Å². The molecule has 0 aromatic carbocycles. The van der Waals surface area contributed by atoms with Crippen molar-refractivity contribution < 1.29 is 0 Å². The zero-order valence-corrected chi connectivity index (χ0v) is 7.55. The number of hydrogen-bond acceptors (Lipinski definition) is 2. The molecule has 1 fully saturated rings. The molecule has 1 heterocycles. The zero-order chi connectivity index (χ0) is 8.65. The predicted molar refractivity (Wildman–Crippen MR) is 53.2 cm³/mol. The summed E-state index contributed by atoms with van der Waals surface area (Å²) in [5.41, 5.74) is 0. The van der Waals surface area contributed by atoms with E-state index in [0.29, 0.717) is 6.04 Å². The Labute approximate surface area is 74.7 Å². The van der Waals surface area contributed by atoms with Gasteiger partial charge in [-0.1, -0.05) is 24.8 Å². The summed E-state index contributed by atoms with van der Waals surface area (Å²) < 4.78 is 0. The zero-order valence-electron chi connectivity index (χ0n) is 7.55. The van der Waals surface area contributed by atoms with Gasteiger partial charge in [0.15, 0.2) is 0 Å². The van der Waals surface area contributed by atoms with Gasteiger partial charge >= 0.3 is 0 Å². The predicted octanol–water partition coefficient (Wildman–Crippen LogP) is 1.07. The first-order valence-corrected chi connectivity index (χ1v) is 4.65. The topological polar surface area (TPSA) is 24.1 Å². The Balaban J connectivity index is 2.05. The van der Waals surface area contributed by atoms with Crippen LogP contribution in [0.1, 0.15) is 12.8 Å². The molecule has 68 valence electrons. The van der Waals surface area contributed by atoms with Gasteiger partial charge in [0.25, 0.3) is 0 Å². The normalized spacial score (nSPS) is 20.0. The maximum Gasteiger partial charge on any atom is 0.0140 e. The Bertz CT molecular complexity index is 146. The third-order valence-electron chi connectivity index (χ3n) is 2.14. The van der Waals surface area contributed by atoms with Crippen molar-refractivity contribution in [1.82, 2.24) is 10.6 Å². The summed E-state index contributed by atoms with van der Waals surface area (Å²) in [5, 5.41) is 6.82. The van der Waals surface area contributed by atoms with E-state index in [9.17, 15) is 0 Å². The van der Waals surface area contributed by atoms with Gasteiger partial charge in [-0.25, -0.2) is 0 Å². The summed E-state index contributed by atoms with van der Waals surface area (Å²) in [5.74, 6) is 0. The number of allylic oxidation sites excluding steroid dienone is 2. The van der Waals surface area contributed by atoms with Crippen molar-refractivity contribution >= 4 is 0 Å². The van der Waals surface area contributed by atoms with Crippen LogP contribution in [0.2, 0.25) is 0 Å². The maximum absolute atomic E-state index is 3.62. The van der Waals surface area contributed by atoms with Gasteiger partial charge in [-0.2, -0.15) is 0 Å². The highest BCUT2D eigenvalue weighted by Crippen LogP contribution is 2.00. The molecular weight excluding hydrogens is 148 g/mol. The van der Waals surface area contributed by atoms with Crippen molar-refractivity contribution in [2.75, 3.05) is 19.6 Å². The summed E-state index contributed by atoms with van der Waals surface area (Å²) in [6, 6.07) is 0.709. The minimum Gasteiger partial charge on any atom is -0.317 e. The molecule has 2 nitrogen and oxygen atoms in total. The van der Waals surface area contributed by atoms with E-state index in [4.69, 9.17) is 0 Å². The summed E-state index contributed by atoms with van der Waals surface area (Å²) >= 11 is 0. The molecule has 12 heavy (non-hydrogen) atoms. The van der Waals surface area contributed by atoms with Crippen LogP contribution in [0, 0.1) is 0 Å². The fraction of sp³-hybridized carbons (Fsp3) is 0.600. The highest BCUT2D eigenvalue weighted by Gasteiger charge is 2.10. The molecule has 0 bridgehead atoms. The molecule has 0 unspecified atom stereocenters. The second-order valence-electron chi connectivity index (χ2n) is 3.10. The Morgan fingerprint density at radius 2 is 2.17 bits per heavy atom. The van der Waals surface area contributed by atoms with E-state index in [0.717, 1.165) is 19.6 Å². The third kappa shape index (κ3) is 3.69. The largest absolute Gasteiger partial charge is 0.317 e. The van der Waals surface area contributed by atoms with Gasteiger partial charge in [0, 0.05) is 12.6 Å². The van der Waals surface area contributed by atoms with E-state index >= 15 is 0 Å². The first-order chi connectivity index (χ1) is 5.93. The van der Waals surface area contributed by atoms with E-state index in [1.807, 2.05) is 12.2 Å². The van der Waals surface area contributed by atoms with E-state index < -0.39 is 0 Å². The first kappa shape index (κ1) is 9.49. The van der Waals surface area contributed by atoms with Crippen LogP contribution in [0.5, 0.6) is 0 Å². The van der Waals surface area contributed by atoms with Crippen molar-refractivity contribution in [1.29, 1.82) is 0 Å². The number of hydrogen-bond donors (Lipinski definition) is 2. The fourth-order valence-corrected chi connectivity index (χ4v) is 1.43. The molecule has 0 radical (unpaired) electrons. The molecule has 0 amide bonds. The molecule has 0 aliphatic carbocycles. The Morgan fingerprint density at radius 3 is 2.83 bits per heavy atom. The number of piperidine rings is 1. The molecule has 1 saturated heterocycles. The second-order valence-corrected chi connectivity index (χ2v) is 3.10. The standard InChI is InChI=1S/C10H18N2/c1-2-3-4-7-12-10-5-8-11-9-6-10/h2-4,10-12H,1,5-9H2/b4-3+. The van der Waals surface area contributed by atoms with Crippen molar-refractivity contribution in [3.05, 3.63) is 24.8 Å². The van der Waals surface area contributed by atoms with Crippen molar-refractivity contribution in [2.45, 2.75) is 18.9 Å². The molecule has 0 aromatic rings. The van der Waals surface area contributed by atoms with Gasteiger partial charge < -0.3 is 10.6 Å². The van der Waals surface area contributed by atoms with Gasteiger partial charge in [0.05, 0.1) is 0 Å². The van der Waals surface area contributed by atoms with Crippen molar-refractivity contribution in [2.24, 2.45) is 0 Å². The molecule has 2 heteroatoms. The van der Waals surface area contributed by atoms with Crippen LogP contribution < -0.4 is 10.6 Å². The van der Waals surface area contributed by atoms with Crippen molar-refractivity contribution in [3.8, 4) is 0 Å². The minimum atomic E-state index is 0.709. The Kier molecular flexibility index (Phi) is 4.73. The monoisotopic (exact) mass is 166 g/mol. The molecule has 0 atom stereocenters. The molecule has 0 saturated carbocycles. The minimum absolute atomic E-state index is 0.709. The summed E-state index contributed by atoms with van der Waals surface area (Å²) in [6.45, 7) is 6.90. The molecular formula is C10H18N2. The molecule has 0 aromatic heterocycles. The molecule has 1 aliphatic rings. The van der Waals surface area contributed by atoms with Gasteiger partial charge in [-0.15, -0.1) is 0 Å². The summed E-state index contributed by atoms with van der Waals surface area (Å²) in [4.78, 5) is 0. The van der Waals surface area contributed by atoms with Crippen LogP contribution in [0.3, 0.4) is 0 Å². The van der Waals surface area contributed by atoms with Gasteiger partial charge in [-0.3, -0.25) is 0 Å². The Morgan fingerprint density at radius 1 is 1.42 bits per heavy atom. The average Bonchev–Trinajstić information content (AvgIpc) is 2.14. The van der Waals surface area contributed by atoms with Crippen LogP contribution in [0.25, 0.3) is 0 Å². The van der Waals surface area contributed by atoms with Crippen LogP contribution in [0.15, 0.2) is 24.8 Å². The maximum atomic E-state index is 3.62. The van der Waals surface area contributed by atoms with Crippen LogP contribution in [-0.4, -0.2) is 25.7 Å². The SMILES string of the molecule is C=C/C=C/CNC1CCNCC1. The van der Waals surface area contributed by atoms with Crippen LogP contribution >= 0.6 is 0 Å². The van der Waals surface area contributed by atoms with Gasteiger partial charge in [-0.05, 0) is 25.9 Å². The van der Waals surface area contributed by atoms with Crippen LogP contribution in [0.4, 0.5) is 0 Å². The van der Waals surface area contributed by atoms with Crippen LogP contribution in [-0.2, 0) is 0 Å². The lowest BCUT2D eigenvalue weighted by molar-refractivity contribution is 0.400. The molecule has 1 rings (SSSR count). The summed E-state index contributed by atoms with van der Waals surface area (Å²) in [7, 11) is 0. The van der Waals surface area contributed by atoms with E-state index in [1.54, 1.807) is 0 Å². The summed E-state index contributed by atoms with van der Waals surface area (Å²) in [6.07, 6.45) is 8.40. The molecule has 2 N–H and O–H groups in total. The smallest absolute Gasteiger partial charge is 0.0140 e. The van der Waals surface area contributed by atoms with Crippen molar-refractivity contribution in [3.63, 3.8) is 0 Å². The number of rotatable bonds is 4. The highest BCUT2D eigenvalue weighted by molar-refractivity contribution is 4.98. The van der Waals surface area contributed by atoms with Gasteiger partial charge in [0.1, 0.15) is 0 Å². The Hall–Kier alpha value is -0.600. The third-order valence-corrected chi connectivity index (χ3v) is 2.14. The average molecular weight is 166 g/mol. The number of nitrogens with one attached hydrogen (secondary N) is 2. The van der Waals surface area contributed by atoms with E-state index in [-0.39, 0.29) is 0 Å². The first-order valence-electron chi connectivity index (χ1n) is 4.65. The molecule has 1 aliphatic heterocycles. The molecule has 0 spiro atoms. The van der Waals surface area contributed by atoms with E-state index in [1.165, 1.54) is 12.8 Å². The quantitative estimate of drug-likeness (QED) is 0.610. The van der Waals surface area contributed by atoms with Gasteiger partial charge in [0.2, 0.25) is 0 Å². The lowest BCUT2D eigenvalue weighted by Gasteiger charge is -2.22.